The van der Waals surface area contributed by atoms with Crippen LogP contribution in [0.5, 0.6) is 11.5 Å². The van der Waals surface area contributed by atoms with Gasteiger partial charge in [-0.1, -0.05) is 51.8 Å². The number of hydrogen-bond acceptors (Lipinski definition) is 2. The Morgan fingerprint density at radius 1 is 1.08 bits per heavy atom. The Kier molecular flexibility index (Phi) is 5.66. The molecule has 128 valence electrons. The van der Waals surface area contributed by atoms with E-state index in [0.717, 1.165) is 36.0 Å². The van der Waals surface area contributed by atoms with Gasteiger partial charge in [-0.3, -0.25) is 0 Å². The van der Waals surface area contributed by atoms with E-state index in [-0.39, 0.29) is 17.3 Å². The van der Waals surface area contributed by atoms with E-state index in [2.05, 4.69) is 13.0 Å². The molecule has 3 heteroatoms. The van der Waals surface area contributed by atoms with Crippen LogP contribution >= 0.6 is 0 Å². The van der Waals surface area contributed by atoms with Crippen molar-refractivity contribution in [1.29, 1.82) is 0 Å². The quantitative estimate of drug-likeness (QED) is 0.659. The molecule has 2 aromatic rings. The van der Waals surface area contributed by atoms with Crippen LogP contribution in [0.1, 0.15) is 51.2 Å². The lowest BCUT2D eigenvalue weighted by molar-refractivity contribution is 0.447. The Labute approximate surface area is 143 Å². The molecule has 0 saturated heterocycles. The second-order valence-corrected chi connectivity index (χ2v) is 6.63. The molecule has 0 heterocycles. The number of phenols is 2. The molecule has 0 unspecified atom stereocenters. The molecule has 0 atom stereocenters. The van der Waals surface area contributed by atoms with E-state index in [1.807, 2.05) is 19.9 Å². The predicted octanol–water partition coefficient (Wildman–Crippen LogP) is 5.79. The normalized spacial score (nSPS) is 12.4. The first-order valence-corrected chi connectivity index (χ1v) is 8.34. The summed E-state index contributed by atoms with van der Waals surface area (Å²) in [6.07, 6.45) is 5.18. The van der Waals surface area contributed by atoms with E-state index in [1.165, 1.54) is 18.2 Å². The summed E-state index contributed by atoms with van der Waals surface area (Å²) in [5.41, 5.74) is 2.10. The van der Waals surface area contributed by atoms with Gasteiger partial charge < -0.3 is 10.2 Å². The van der Waals surface area contributed by atoms with Crippen LogP contribution in [0, 0.1) is 5.82 Å². The van der Waals surface area contributed by atoms with Crippen molar-refractivity contribution in [2.45, 2.75) is 45.4 Å². The number of hydrogen-bond donors (Lipinski definition) is 2. The molecule has 0 spiro atoms. The summed E-state index contributed by atoms with van der Waals surface area (Å²) in [6, 6.07) is 11.2. The Hall–Kier alpha value is -2.29. The molecule has 0 radical (unpaired) electrons. The number of rotatable bonds is 6. The molecule has 24 heavy (non-hydrogen) atoms. The Morgan fingerprint density at radius 2 is 1.75 bits per heavy atom. The van der Waals surface area contributed by atoms with Crippen molar-refractivity contribution < 1.29 is 14.6 Å². The predicted molar refractivity (Wildman–Crippen MR) is 96.7 cm³/mol. The van der Waals surface area contributed by atoms with Crippen molar-refractivity contribution >= 4 is 5.57 Å². The van der Waals surface area contributed by atoms with Crippen LogP contribution in [0.2, 0.25) is 0 Å². The summed E-state index contributed by atoms with van der Waals surface area (Å²) in [7, 11) is 0. The molecule has 2 N–H and O–H groups in total. The molecule has 0 aliphatic carbocycles. The van der Waals surface area contributed by atoms with Crippen molar-refractivity contribution in [1.82, 2.24) is 0 Å². The van der Waals surface area contributed by atoms with E-state index in [1.54, 1.807) is 18.2 Å². The topological polar surface area (TPSA) is 40.5 Å². The van der Waals surface area contributed by atoms with E-state index in [0.29, 0.717) is 0 Å². The zero-order valence-electron chi connectivity index (χ0n) is 14.5. The molecule has 2 nitrogen and oxygen atoms in total. The van der Waals surface area contributed by atoms with E-state index < -0.39 is 5.41 Å². The first-order valence-electron chi connectivity index (χ1n) is 8.34. The van der Waals surface area contributed by atoms with Crippen LogP contribution in [0.25, 0.3) is 5.57 Å². The fourth-order valence-electron chi connectivity index (χ4n) is 2.95. The highest BCUT2D eigenvalue weighted by atomic mass is 19.1. The van der Waals surface area contributed by atoms with Gasteiger partial charge >= 0.3 is 0 Å². The standard InChI is InChI=1S/C21H25FO2/c1-4-5-6-10-20(15-8-7-9-17(22)11-15)21(2,3)16-12-18(23)14-19(24)13-16/h7-14,23-24H,4-6H2,1-3H3/b20-10+. The first kappa shape index (κ1) is 18.1. The average molecular weight is 328 g/mol. The Bertz CT molecular complexity index is 712. The Morgan fingerprint density at radius 3 is 2.33 bits per heavy atom. The molecular formula is C21H25FO2. The maximum Gasteiger partial charge on any atom is 0.123 e. The highest BCUT2D eigenvalue weighted by Gasteiger charge is 2.28. The average Bonchev–Trinajstić information content (AvgIpc) is 2.50. The lowest BCUT2D eigenvalue weighted by atomic mass is 9.74. The maximum absolute atomic E-state index is 13.7. The van der Waals surface area contributed by atoms with Gasteiger partial charge in [0.15, 0.2) is 0 Å². The molecular weight excluding hydrogens is 303 g/mol. The third kappa shape index (κ3) is 4.16. The SMILES string of the molecule is CCCC/C=C(\c1cccc(F)c1)C(C)(C)c1cc(O)cc(O)c1. The van der Waals surface area contributed by atoms with Gasteiger partial charge in [0.25, 0.3) is 0 Å². The fraction of sp³-hybridized carbons (Fsp3) is 0.333. The molecule has 0 saturated carbocycles. The van der Waals surface area contributed by atoms with E-state index >= 15 is 0 Å². The largest absolute Gasteiger partial charge is 0.508 e. The van der Waals surface area contributed by atoms with E-state index in [4.69, 9.17) is 0 Å². The van der Waals surface area contributed by atoms with Crippen LogP contribution in [-0.4, -0.2) is 10.2 Å². The minimum Gasteiger partial charge on any atom is -0.508 e. The molecule has 0 amide bonds. The van der Waals surface area contributed by atoms with Crippen LogP contribution in [-0.2, 0) is 5.41 Å². The third-order valence-corrected chi connectivity index (χ3v) is 4.34. The lowest BCUT2D eigenvalue weighted by Gasteiger charge is -2.30. The van der Waals surface area contributed by atoms with E-state index in [9.17, 15) is 14.6 Å². The number of allylic oxidation sites excluding steroid dienone is 2. The monoisotopic (exact) mass is 328 g/mol. The number of aromatic hydroxyl groups is 2. The van der Waals surface area contributed by atoms with Gasteiger partial charge in [0, 0.05) is 11.5 Å². The second kappa shape index (κ2) is 7.52. The molecule has 0 aromatic heterocycles. The van der Waals surface area contributed by atoms with Crippen molar-refractivity contribution in [3.05, 3.63) is 65.5 Å². The van der Waals surface area contributed by atoms with Gasteiger partial charge in [-0.25, -0.2) is 4.39 Å². The van der Waals surface area contributed by atoms with Gasteiger partial charge in [0.2, 0.25) is 0 Å². The smallest absolute Gasteiger partial charge is 0.123 e. The van der Waals surface area contributed by atoms with Crippen molar-refractivity contribution in [2.24, 2.45) is 0 Å². The summed E-state index contributed by atoms with van der Waals surface area (Å²) in [6.45, 7) is 6.17. The minimum absolute atomic E-state index is 0.0187. The van der Waals surface area contributed by atoms with Crippen molar-refractivity contribution in [3.8, 4) is 11.5 Å². The van der Waals surface area contributed by atoms with Gasteiger partial charge in [0.05, 0.1) is 0 Å². The second-order valence-electron chi connectivity index (χ2n) is 6.63. The highest BCUT2D eigenvalue weighted by Crippen LogP contribution is 2.41. The number of phenolic OH excluding ortho intramolecular Hbond substituents is 2. The third-order valence-electron chi connectivity index (χ3n) is 4.34. The zero-order chi connectivity index (χ0) is 17.7. The summed E-state index contributed by atoms with van der Waals surface area (Å²) in [5, 5.41) is 19.7. The van der Waals surface area contributed by atoms with Gasteiger partial charge in [0.1, 0.15) is 17.3 Å². The number of unbranched alkanes of at least 4 members (excludes halogenated alkanes) is 2. The summed E-state index contributed by atoms with van der Waals surface area (Å²) >= 11 is 0. The maximum atomic E-state index is 13.7. The minimum atomic E-state index is -0.488. The van der Waals surface area contributed by atoms with Crippen LogP contribution in [0.3, 0.4) is 0 Å². The van der Waals surface area contributed by atoms with Crippen LogP contribution in [0.4, 0.5) is 4.39 Å². The molecule has 0 aliphatic rings. The summed E-state index contributed by atoms with van der Waals surface area (Å²) < 4.78 is 13.7. The highest BCUT2D eigenvalue weighted by molar-refractivity contribution is 5.75. The molecule has 2 aromatic carbocycles. The lowest BCUT2D eigenvalue weighted by Crippen LogP contribution is -2.19. The molecule has 2 rings (SSSR count). The Balaban J connectivity index is 2.54. The summed E-state index contributed by atoms with van der Waals surface area (Å²) in [4.78, 5) is 0. The summed E-state index contributed by atoms with van der Waals surface area (Å²) in [5.74, 6) is -0.237. The van der Waals surface area contributed by atoms with Crippen molar-refractivity contribution in [2.75, 3.05) is 0 Å². The number of benzene rings is 2. The van der Waals surface area contributed by atoms with Gasteiger partial charge in [-0.2, -0.15) is 0 Å². The number of halogens is 1. The van der Waals surface area contributed by atoms with Gasteiger partial charge in [-0.05, 0) is 47.4 Å². The van der Waals surface area contributed by atoms with Gasteiger partial charge in [-0.15, -0.1) is 0 Å². The fourth-order valence-corrected chi connectivity index (χ4v) is 2.95. The molecule has 0 fully saturated rings. The van der Waals surface area contributed by atoms with Crippen molar-refractivity contribution in [3.63, 3.8) is 0 Å². The van der Waals surface area contributed by atoms with Crippen LogP contribution < -0.4 is 0 Å². The molecule has 0 aliphatic heterocycles. The first-order chi connectivity index (χ1) is 11.3. The van der Waals surface area contributed by atoms with Crippen LogP contribution in [0.15, 0.2) is 48.5 Å². The zero-order valence-corrected chi connectivity index (χ0v) is 14.5. The molecule has 0 bridgehead atoms.